The van der Waals surface area contributed by atoms with Crippen LogP contribution in [0.15, 0.2) is 36.7 Å². The third-order valence-electron chi connectivity index (χ3n) is 3.94. The van der Waals surface area contributed by atoms with Gasteiger partial charge in [0.1, 0.15) is 0 Å². The number of para-hydroxylation sites is 1. The molecule has 6 nitrogen and oxygen atoms in total. The highest BCUT2D eigenvalue weighted by Crippen LogP contribution is 2.19. The van der Waals surface area contributed by atoms with Crippen molar-refractivity contribution in [2.75, 3.05) is 26.2 Å². The fourth-order valence-corrected chi connectivity index (χ4v) is 2.83. The lowest BCUT2D eigenvalue weighted by molar-refractivity contribution is -0.130. The summed E-state index contributed by atoms with van der Waals surface area (Å²) in [6.07, 6.45) is 3.23. The normalized spacial score (nSPS) is 14.9. The number of aromatic nitrogens is 2. The minimum absolute atomic E-state index is 0.0450. The van der Waals surface area contributed by atoms with Crippen LogP contribution in [-0.4, -0.2) is 57.6 Å². The molecular formula is C16H17ClN4O2. The van der Waals surface area contributed by atoms with Crippen molar-refractivity contribution in [3.05, 3.63) is 47.2 Å². The summed E-state index contributed by atoms with van der Waals surface area (Å²) in [6, 6.07) is 7.33. The quantitative estimate of drug-likeness (QED) is 0.843. The number of carbonyl (C=O) groups excluding carboxylic acids is 2. The molecule has 2 aromatic rings. The van der Waals surface area contributed by atoms with Crippen molar-refractivity contribution in [1.29, 1.82) is 0 Å². The summed E-state index contributed by atoms with van der Waals surface area (Å²) in [6.45, 7) is 3.76. The third-order valence-corrected chi connectivity index (χ3v) is 4.26. The third kappa shape index (κ3) is 3.22. The summed E-state index contributed by atoms with van der Waals surface area (Å²) in [5.74, 6) is -0.0323. The SMILES string of the molecule is CC(=O)N1CCN(C(=O)c2cnn(-c3ccccc3Cl)c2)CC1. The predicted octanol–water partition coefficient (Wildman–Crippen LogP) is 1.83. The first-order chi connectivity index (χ1) is 11.1. The van der Waals surface area contributed by atoms with Crippen LogP contribution in [0.2, 0.25) is 5.02 Å². The molecule has 0 bridgehead atoms. The van der Waals surface area contributed by atoms with Crippen LogP contribution in [-0.2, 0) is 4.79 Å². The molecule has 0 N–H and O–H groups in total. The molecule has 1 aliphatic rings. The molecule has 0 spiro atoms. The van der Waals surface area contributed by atoms with E-state index in [1.807, 2.05) is 18.2 Å². The van der Waals surface area contributed by atoms with Gasteiger partial charge in [-0.25, -0.2) is 4.68 Å². The Morgan fingerprint density at radius 3 is 2.39 bits per heavy atom. The van der Waals surface area contributed by atoms with Crippen molar-refractivity contribution < 1.29 is 9.59 Å². The molecule has 3 rings (SSSR count). The van der Waals surface area contributed by atoms with E-state index in [1.54, 1.807) is 39.9 Å². The number of piperazine rings is 1. The molecule has 0 saturated carbocycles. The van der Waals surface area contributed by atoms with Gasteiger partial charge in [0.05, 0.1) is 22.5 Å². The summed E-state index contributed by atoms with van der Waals surface area (Å²) < 4.78 is 1.60. The topological polar surface area (TPSA) is 58.4 Å². The van der Waals surface area contributed by atoms with E-state index in [2.05, 4.69) is 5.10 Å². The molecule has 1 aliphatic heterocycles. The molecule has 2 amide bonds. The van der Waals surface area contributed by atoms with Gasteiger partial charge in [0.2, 0.25) is 5.91 Å². The first-order valence-corrected chi connectivity index (χ1v) is 7.78. The van der Waals surface area contributed by atoms with Crippen LogP contribution in [0.1, 0.15) is 17.3 Å². The highest BCUT2D eigenvalue weighted by atomic mass is 35.5. The lowest BCUT2D eigenvalue weighted by Gasteiger charge is -2.34. The molecular weight excluding hydrogens is 316 g/mol. The Bertz CT molecular complexity index is 735. The first-order valence-electron chi connectivity index (χ1n) is 7.40. The number of hydrogen-bond donors (Lipinski definition) is 0. The van der Waals surface area contributed by atoms with Gasteiger partial charge in [-0.05, 0) is 12.1 Å². The zero-order chi connectivity index (χ0) is 16.4. The van der Waals surface area contributed by atoms with Crippen molar-refractivity contribution >= 4 is 23.4 Å². The molecule has 23 heavy (non-hydrogen) atoms. The molecule has 2 heterocycles. The Balaban J connectivity index is 1.72. The average molecular weight is 333 g/mol. The molecule has 1 fully saturated rings. The van der Waals surface area contributed by atoms with Gasteiger partial charge in [-0.15, -0.1) is 0 Å². The van der Waals surface area contributed by atoms with Crippen LogP contribution in [0.25, 0.3) is 5.69 Å². The van der Waals surface area contributed by atoms with E-state index in [0.717, 1.165) is 5.69 Å². The van der Waals surface area contributed by atoms with Crippen molar-refractivity contribution in [3.63, 3.8) is 0 Å². The highest BCUT2D eigenvalue weighted by Gasteiger charge is 2.24. The predicted molar refractivity (Wildman–Crippen MR) is 86.7 cm³/mol. The zero-order valence-electron chi connectivity index (χ0n) is 12.8. The molecule has 1 aromatic carbocycles. The van der Waals surface area contributed by atoms with E-state index in [0.29, 0.717) is 36.8 Å². The van der Waals surface area contributed by atoms with Crippen LogP contribution in [0, 0.1) is 0 Å². The van der Waals surface area contributed by atoms with E-state index in [4.69, 9.17) is 11.6 Å². The van der Waals surface area contributed by atoms with Gasteiger partial charge in [-0.3, -0.25) is 9.59 Å². The van der Waals surface area contributed by atoms with Gasteiger partial charge in [-0.2, -0.15) is 5.10 Å². The largest absolute Gasteiger partial charge is 0.339 e. The van der Waals surface area contributed by atoms with Crippen LogP contribution in [0.4, 0.5) is 0 Å². The first kappa shape index (κ1) is 15.6. The molecule has 1 saturated heterocycles. The molecule has 0 atom stereocenters. The standard InChI is InChI=1S/C16H17ClN4O2/c1-12(22)19-6-8-20(9-7-19)16(23)13-10-18-21(11-13)15-5-3-2-4-14(15)17/h2-5,10-11H,6-9H2,1H3. The monoisotopic (exact) mass is 332 g/mol. The van der Waals surface area contributed by atoms with Gasteiger partial charge in [0.15, 0.2) is 0 Å². The summed E-state index contributed by atoms with van der Waals surface area (Å²) in [5, 5.41) is 4.80. The summed E-state index contributed by atoms with van der Waals surface area (Å²) in [5.41, 5.74) is 1.25. The molecule has 0 radical (unpaired) electrons. The molecule has 0 aliphatic carbocycles. The lowest BCUT2D eigenvalue weighted by atomic mass is 10.2. The zero-order valence-corrected chi connectivity index (χ0v) is 13.5. The summed E-state index contributed by atoms with van der Waals surface area (Å²) in [4.78, 5) is 27.4. The number of amides is 2. The van der Waals surface area contributed by atoms with Crippen molar-refractivity contribution in [2.45, 2.75) is 6.92 Å². The van der Waals surface area contributed by atoms with Crippen molar-refractivity contribution in [3.8, 4) is 5.69 Å². The van der Waals surface area contributed by atoms with Gasteiger partial charge < -0.3 is 9.80 Å². The van der Waals surface area contributed by atoms with Crippen LogP contribution in [0.5, 0.6) is 0 Å². The number of hydrogen-bond acceptors (Lipinski definition) is 3. The Labute approximate surface area is 139 Å². The van der Waals surface area contributed by atoms with E-state index < -0.39 is 0 Å². The second-order valence-corrected chi connectivity index (χ2v) is 5.83. The molecule has 7 heteroatoms. The fourth-order valence-electron chi connectivity index (χ4n) is 2.61. The van der Waals surface area contributed by atoms with Gasteiger partial charge >= 0.3 is 0 Å². The highest BCUT2D eigenvalue weighted by molar-refractivity contribution is 6.32. The van der Waals surface area contributed by atoms with Crippen LogP contribution in [0.3, 0.4) is 0 Å². The summed E-state index contributed by atoms with van der Waals surface area (Å²) >= 11 is 6.15. The molecule has 0 unspecified atom stereocenters. The van der Waals surface area contributed by atoms with E-state index in [1.165, 1.54) is 0 Å². The van der Waals surface area contributed by atoms with E-state index >= 15 is 0 Å². The Hall–Kier alpha value is -2.34. The smallest absolute Gasteiger partial charge is 0.257 e. The van der Waals surface area contributed by atoms with Crippen molar-refractivity contribution in [2.24, 2.45) is 0 Å². The van der Waals surface area contributed by atoms with E-state index in [-0.39, 0.29) is 11.8 Å². The van der Waals surface area contributed by atoms with Gasteiger partial charge in [-0.1, -0.05) is 23.7 Å². The second-order valence-electron chi connectivity index (χ2n) is 5.42. The van der Waals surface area contributed by atoms with Crippen LogP contribution < -0.4 is 0 Å². The maximum atomic E-state index is 12.5. The maximum Gasteiger partial charge on any atom is 0.257 e. The minimum Gasteiger partial charge on any atom is -0.339 e. The summed E-state index contributed by atoms with van der Waals surface area (Å²) in [7, 11) is 0. The van der Waals surface area contributed by atoms with Crippen molar-refractivity contribution in [1.82, 2.24) is 19.6 Å². The number of halogens is 1. The average Bonchev–Trinajstić information content (AvgIpc) is 3.04. The second kappa shape index (κ2) is 6.42. The van der Waals surface area contributed by atoms with Gasteiger partial charge in [0.25, 0.3) is 5.91 Å². The fraction of sp³-hybridized carbons (Fsp3) is 0.312. The van der Waals surface area contributed by atoms with E-state index in [9.17, 15) is 9.59 Å². The molecule has 120 valence electrons. The Kier molecular flexibility index (Phi) is 4.34. The minimum atomic E-state index is -0.0773. The van der Waals surface area contributed by atoms with Gasteiger partial charge in [0, 0.05) is 39.3 Å². The number of benzene rings is 1. The number of rotatable bonds is 2. The van der Waals surface area contributed by atoms with Crippen LogP contribution >= 0.6 is 11.6 Å². The maximum absolute atomic E-state index is 12.5. The molecule has 1 aromatic heterocycles. The Morgan fingerprint density at radius 2 is 1.74 bits per heavy atom. The number of carbonyl (C=O) groups is 2. The number of nitrogens with zero attached hydrogens (tertiary/aromatic N) is 4. The lowest BCUT2D eigenvalue weighted by Crippen LogP contribution is -2.50. The Morgan fingerprint density at radius 1 is 1.09 bits per heavy atom.